The Bertz CT molecular complexity index is 726. The first-order chi connectivity index (χ1) is 11.8. The van der Waals surface area contributed by atoms with Crippen LogP contribution in [0.25, 0.3) is 5.57 Å². The van der Waals surface area contributed by atoms with E-state index in [1.54, 1.807) is 19.6 Å². The summed E-state index contributed by atoms with van der Waals surface area (Å²) in [7, 11) is 3.52. The molecule has 1 N–H and O–H groups in total. The monoisotopic (exact) mass is 453 g/mol. The van der Waals surface area contributed by atoms with Gasteiger partial charge in [-0.05, 0) is 35.8 Å². The number of aliphatic imine (C=N–C) groups is 1. The lowest BCUT2D eigenvalue weighted by atomic mass is 9.99. The minimum atomic E-state index is 0. The van der Waals surface area contributed by atoms with Crippen molar-refractivity contribution >= 4 is 35.5 Å². The molecular weight excluding hydrogens is 429 g/mol. The third-order valence-corrected chi connectivity index (χ3v) is 4.19. The highest BCUT2D eigenvalue weighted by Gasteiger charge is 2.16. The van der Waals surface area contributed by atoms with E-state index >= 15 is 0 Å². The molecule has 3 rings (SSSR count). The number of rotatable bonds is 4. The fourth-order valence-corrected chi connectivity index (χ4v) is 2.85. The van der Waals surface area contributed by atoms with Crippen LogP contribution in [0.5, 0.6) is 5.75 Å². The number of halogens is 1. The molecule has 6 heteroatoms. The van der Waals surface area contributed by atoms with Crippen molar-refractivity contribution < 1.29 is 9.15 Å². The van der Waals surface area contributed by atoms with E-state index in [1.165, 1.54) is 11.1 Å². The van der Waals surface area contributed by atoms with E-state index in [2.05, 4.69) is 33.4 Å². The maximum atomic E-state index is 5.32. The van der Waals surface area contributed by atoms with Gasteiger partial charge in [0.05, 0.1) is 19.6 Å². The van der Waals surface area contributed by atoms with Crippen molar-refractivity contribution in [1.29, 1.82) is 0 Å². The summed E-state index contributed by atoms with van der Waals surface area (Å²) >= 11 is 0. The maximum absolute atomic E-state index is 5.32. The standard InChI is InChI=1S/C19H23N3O2.HI/c1-20-19(21-13-15-8-11-24-14-15)22-9-6-16(7-10-22)17-4-3-5-18(12-17)23-2;/h3-6,8,11-12,14H,7,9-10,13H2,1-2H3,(H,20,21);1H. The van der Waals surface area contributed by atoms with Crippen LogP contribution in [0.3, 0.4) is 0 Å². The Morgan fingerprint density at radius 2 is 2.24 bits per heavy atom. The first-order valence-electron chi connectivity index (χ1n) is 8.10. The predicted octanol–water partition coefficient (Wildman–Crippen LogP) is 3.77. The number of hydrogen-bond acceptors (Lipinski definition) is 3. The number of furan rings is 1. The lowest BCUT2D eigenvalue weighted by Gasteiger charge is -2.29. The van der Waals surface area contributed by atoms with Gasteiger partial charge in [0.1, 0.15) is 5.75 Å². The van der Waals surface area contributed by atoms with Crippen molar-refractivity contribution in [1.82, 2.24) is 10.2 Å². The van der Waals surface area contributed by atoms with Crippen LogP contribution in [0.2, 0.25) is 0 Å². The molecule has 2 aromatic rings. The second-order valence-corrected chi connectivity index (χ2v) is 5.69. The van der Waals surface area contributed by atoms with Crippen LogP contribution in [-0.4, -0.2) is 38.1 Å². The second kappa shape index (κ2) is 9.50. The lowest BCUT2D eigenvalue weighted by Crippen LogP contribution is -2.43. The second-order valence-electron chi connectivity index (χ2n) is 5.69. The van der Waals surface area contributed by atoms with Gasteiger partial charge in [-0.1, -0.05) is 18.2 Å². The maximum Gasteiger partial charge on any atom is 0.194 e. The van der Waals surface area contributed by atoms with Crippen molar-refractivity contribution in [3.05, 3.63) is 60.1 Å². The Labute approximate surface area is 165 Å². The Hall–Kier alpha value is -1.96. The van der Waals surface area contributed by atoms with E-state index in [4.69, 9.17) is 9.15 Å². The van der Waals surface area contributed by atoms with Gasteiger partial charge in [-0.3, -0.25) is 4.99 Å². The number of guanidine groups is 1. The quantitative estimate of drug-likeness (QED) is 0.435. The minimum Gasteiger partial charge on any atom is -0.497 e. The molecule has 1 aromatic carbocycles. The molecule has 2 heterocycles. The zero-order chi connectivity index (χ0) is 16.8. The first-order valence-corrected chi connectivity index (χ1v) is 8.10. The molecule has 0 saturated heterocycles. The third kappa shape index (κ3) is 5.01. The summed E-state index contributed by atoms with van der Waals surface area (Å²) in [5, 5.41) is 3.38. The highest BCUT2D eigenvalue weighted by molar-refractivity contribution is 14.0. The van der Waals surface area contributed by atoms with Crippen LogP contribution in [0, 0.1) is 0 Å². The molecule has 1 aliphatic heterocycles. The van der Waals surface area contributed by atoms with Gasteiger partial charge in [0.15, 0.2) is 5.96 Å². The average Bonchev–Trinajstić information content (AvgIpc) is 3.16. The molecule has 0 saturated carbocycles. The number of ether oxygens (including phenoxy) is 1. The normalized spacial score (nSPS) is 14.6. The van der Waals surface area contributed by atoms with Gasteiger partial charge < -0.3 is 19.4 Å². The van der Waals surface area contributed by atoms with Crippen molar-refractivity contribution in [2.45, 2.75) is 13.0 Å². The molecule has 0 spiro atoms. The largest absolute Gasteiger partial charge is 0.497 e. The number of methoxy groups -OCH3 is 1. The molecule has 1 aromatic heterocycles. The van der Waals surface area contributed by atoms with Crippen LogP contribution in [0.1, 0.15) is 17.5 Å². The summed E-state index contributed by atoms with van der Waals surface area (Å²) in [5.41, 5.74) is 3.70. The van der Waals surface area contributed by atoms with Crippen molar-refractivity contribution in [2.75, 3.05) is 27.2 Å². The molecule has 0 unspecified atom stereocenters. The molecule has 25 heavy (non-hydrogen) atoms. The van der Waals surface area contributed by atoms with Crippen LogP contribution < -0.4 is 10.1 Å². The van der Waals surface area contributed by atoms with Gasteiger partial charge in [0.25, 0.3) is 0 Å². The van der Waals surface area contributed by atoms with Crippen LogP contribution in [-0.2, 0) is 6.54 Å². The van der Waals surface area contributed by atoms with Gasteiger partial charge in [0.2, 0.25) is 0 Å². The van der Waals surface area contributed by atoms with Gasteiger partial charge in [-0.25, -0.2) is 0 Å². The Kier molecular flexibility index (Phi) is 7.36. The summed E-state index contributed by atoms with van der Waals surface area (Å²) in [6, 6.07) is 10.2. The van der Waals surface area contributed by atoms with Crippen molar-refractivity contribution in [3.63, 3.8) is 0 Å². The molecule has 0 fully saturated rings. The topological polar surface area (TPSA) is 50.0 Å². The van der Waals surface area contributed by atoms with E-state index in [1.807, 2.05) is 25.2 Å². The number of nitrogens with one attached hydrogen (secondary N) is 1. The van der Waals surface area contributed by atoms with E-state index in [0.29, 0.717) is 6.54 Å². The van der Waals surface area contributed by atoms with Gasteiger partial charge in [-0.15, -0.1) is 24.0 Å². The molecule has 1 aliphatic rings. The van der Waals surface area contributed by atoms with Gasteiger partial charge in [-0.2, -0.15) is 0 Å². The molecule has 0 atom stereocenters. The van der Waals surface area contributed by atoms with Crippen LogP contribution in [0.15, 0.2) is 58.3 Å². The zero-order valence-corrected chi connectivity index (χ0v) is 16.9. The average molecular weight is 453 g/mol. The summed E-state index contributed by atoms with van der Waals surface area (Å²) in [5.74, 6) is 1.81. The number of nitrogens with zero attached hydrogens (tertiary/aromatic N) is 2. The molecular formula is C19H24IN3O2. The summed E-state index contributed by atoms with van der Waals surface area (Å²) in [6.45, 7) is 2.50. The predicted molar refractivity (Wildman–Crippen MR) is 111 cm³/mol. The van der Waals surface area contributed by atoms with E-state index in [9.17, 15) is 0 Å². The Balaban J connectivity index is 0.00000225. The number of hydrogen-bond donors (Lipinski definition) is 1. The molecule has 0 amide bonds. The summed E-state index contributed by atoms with van der Waals surface area (Å²) in [6.07, 6.45) is 6.68. The highest BCUT2D eigenvalue weighted by atomic mass is 127. The van der Waals surface area contributed by atoms with Crippen molar-refractivity contribution in [2.24, 2.45) is 4.99 Å². The molecule has 5 nitrogen and oxygen atoms in total. The van der Waals surface area contributed by atoms with Gasteiger partial charge in [0, 0.05) is 32.2 Å². The molecule has 0 aliphatic carbocycles. The van der Waals surface area contributed by atoms with E-state index < -0.39 is 0 Å². The summed E-state index contributed by atoms with van der Waals surface area (Å²) < 4.78 is 10.4. The van der Waals surface area contributed by atoms with Crippen molar-refractivity contribution in [3.8, 4) is 5.75 Å². The Morgan fingerprint density at radius 3 is 2.88 bits per heavy atom. The smallest absolute Gasteiger partial charge is 0.194 e. The Morgan fingerprint density at radius 1 is 1.36 bits per heavy atom. The zero-order valence-electron chi connectivity index (χ0n) is 14.6. The number of benzene rings is 1. The lowest BCUT2D eigenvalue weighted by molar-refractivity contribution is 0.414. The highest BCUT2D eigenvalue weighted by Crippen LogP contribution is 2.25. The minimum absolute atomic E-state index is 0. The molecule has 0 radical (unpaired) electrons. The fourth-order valence-electron chi connectivity index (χ4n) is 2.85. The molecule has 134 valence electrons. The van der Waals surface area contributed by atoms with Crippen LogP contribution in [0.4, 0.5) is 0 Å². The summed E-state index contributed by atoms with van der Waals surface area (Å²) in [4.78, 5) is 6.64. The van der Waals surface area contributed by atoms with Crippen LogP contribution >= 0.6 is 24.0 Å². The molecule has 0 bridgehead atoms. The first kappa shape index (κ1) is 19.4. The fraction of sp³-hybridized carbons (Fsp3) is 0.316. The SMILES string of the molecule is CN=C(NCc1ccoc1)N1CC=C(c2cccc(OC)c2)CC1.I. The van der Waals surface area contributed by atoms with Gasteiger partial charge >= 0.3 is 0 Å². The van der Waals surface area contributed by atoms with E-state index in [-0.39, 0.29) is 24.0 Å². The van der Waals surface area contributed by atoms with E-state index in [0.717, 1.165) is 36.8 Å². The third-order valence-electron chi connectivity index (χ3n) is 4.19.